The monoisotopic (exact) mass is 351 g/mol. The maximum atomic E-state index is 14.0. The molecular formula is C20H22FN5. The van der Waals surface area contributed by atoms with Gasteiger partial charge in [-0.1, -0.05) is 31.4 Å². The fourth-order valence-electron chi connectivity index (χ4n) is 3.55. The summed E-state index contributed by atoms with van der Waals surface area (Å²) in [5.74, 6) is 0.401. The first kappa shape index (κ1) is 16.7. The second kappa shape index (κ2) is 7.64. The Morgan fingerprint density at radius 1 is 1.12 bits per heavy atom. The number of nitrogens with zero attached hydrogens (tertiary/aromatic N) is 4. The van der Waals surface area contributed by atoms with Crippen molar-refractivity contribution in [1.29, 1.82) is 0 Å². The second-order valence-corrected chi connectivity index (χ2v) is 6.79. The molecule has 1 fully saturated rings. The fourth-order valence-corrected chi connectivity index (χ4v) is 3.55. The molecule has 5 nitrogen and oxygen atoms in total. The van der Waals surface area contributed by atoms with Crippen LogP contribution in [-0.2, 0) is 0 Å². The Morgan fingerprint density at radius 2 is 1.96 bits per heavy atom. The average molecular weight is 351 g/mol. The highest BCUT2D eigenvalue weighted by molar-refractivity contribution is 5.72. The minimum Gasteiger partial charge on any atom is -0.382 e. The number of hydrogen-bond acceptors (Lipinski definition) is 4. The molecule has 134 valence electrons. The number of para-hydroxylation sites is 1. The molecule has 3 aromatic rings. The summed E-state index contributed by atoms with van der Waals surface area (Å²) in [6.07, 6.45) is 13.4. The lowest BCUT2D eigenvalue weighted by atomic mass is 9.89. The number of aromatic nitrogens is 4. The van der Waals surface area contributed by atoms with Gasteiger partial charge < -0.3 is 5.32 Å². The third-order valence-corrected chi connectivity index (χ3v) is 4.97. The number of rotatable bonds is 5. The molecule has 0 saturated heterocycles. The standard InChI is InChI=1S/C20H22FN5/c21-17-8-4-5-9-19(17)26-13-16(11-25-26)20-18(12-22-14-24-20)23-10-15-6-2-1-3-7-15/h4-5,8-9,11-15,23H,1-3,6-7,10H2. The molecule has 1 aliphatic rings. The first-order chi connectivity index (χ1) is 12.8. The highest BCUT2D eigenvalue weighted by Crippen LogP contribution is 2.28. The molecule has 1 aliphatic carbocycles. The molecule has 1 saturated carbocycles. The van der Waals surface area contributed by atoms with E-state index in [2.05, 4.69) is 20.4 Å². The number of nitrogens with one attached hydrogen (secondary N) is 1. The summed E-state index contributed by atoms with van der Waals surface area (Å²) < 4.78 is 15.5. The smallest absolute Gasteiger partial charge is 0.148 e. The SMILES string of the molecule is Fc1ccccc1-n1cc(-c2ncncc2NCC2CCCCC2)cn1. The lowest BCUT2D eigenvalue weighted by Gasteiger charge is -2.22. The summed E-state index contributed by atoms with van der Waals surface area (Å²) in [7, 11) is 0. The maximum absolute atomic E-state index is 14.0. The Balaban J connectivity index is 1.55. The van der Waals surface area contributed by atoms with Crippen molar-refractivity contribution in [1.82, 2.24) is 19.7 Å². The number of benzene rings is 1. The van der Waals surface area contributed by atoms with Gasteiger partial charge in [0.15, 0.2) is 0 Å². The molecule has 0 atom stereocenters. The summed E-state index contributed by atoms with van der Waals surface area (Å²) in [4.78, 5) is 8.57. The second-order valence-electron chi connectivity index (χ2n) is 6.79. The van der Waals surface area contributed by atoms with E-state index in [1.165, 1.54) is 49.2 Å². The first-order valence-corrected chi connectivity index (χ1v) is 9.15. The van der Waals surface area contributed by atoms with Crippen LogP contribution in [-0.4, -0.2) is 26.3 Å². The van der Waals surface area contributed by atoms with Crippen molar-refractivity contribution in [3.8, 4) is 16.9 Å². The van der Waals surface area contributed by atoms with Crippen LogP contribution >= 0.6 is 0 Å². The van der Waals surface area contributed by atoms with Crippen molar-refractivity contribution in [2.75, 3.05) is 11.9 Å². The molecular weight excluding hydrogens is 329 g/mol. The van der Waals surface area contributed by atoms with Crippen LogP contribution in [0.25, 0.3) is 16.9 Å². The van der Waals surface area contributed by atoms with Gasteiger partial charge in [0, 0.05) is 18.3 Å². The van der Waals surface area contributed by atoms with E-state index in [-0.39, 0.29) is 5.82 Å². The summed E-state index contributed by atoms with van der Waals surface area (Å²) in [5.41, 5.74) is 2.94. The van der Waals surface area contributed by atoms with Crippen LogP contribution in [0.4, 0.5) is 10.1 Å². The van der Waals surface area contributed by atoms with Gasteiger partial charge in [0.1, 0.15) is 17.8 Å². The predicted octanol–water partition coefficient (Wildman–Crippen LogP) is 4.46. The van der Waals surface area contributed by atoms with Crippen LogP contribution in [0.2, 0.25) is 0 Å². The normalized spacial score (nSPS) is 15.1. The number of halogens is 1. The van der Waals surface area contributed by atoms with Crippen LogP contribution in [0.1, 0.15) is 32.1 Å². The van der Waals surface area contributed by atoms with Crippen LogP contribution in [0.5, 0.6) is 0 Å². The third kappa shape index (κ3) is 3.59. The highest BCUT2D eigenvalue weighted by atomic mass is 19.1. The summed E-state index contributed by atoms with van der Waals surface area (Å²) >= 11 is 0. The highest BCUT2D eigenvalue weighted by Gasteiger charge is 2.15. The van der Waals surface area contributed by atoms with Crippen LogP contribution in [0.15, 0.2) is 49.2 Å². The Morgan fingerprint density at radius 3 is 2.81 bits per heavy atom. The van der Waals surface area contributed by atoms with E-state index in [4.69, 9.17) is 0 Å². The molecule has 2 aromatic heterocycles. The van der Waals surface area contributed by atoms with E-state index in [1.54, 1.807) is 36.8 Å². The summed E-state index contributed by atoms with van der Waals surface area (Å²) in [6, 6.07) is 6.59. The van der Waals surface area contributed by atoms with Crippen molar-refractivity contribution in [3.05, 3.63) is 55.0 Å². The minimum absolute atomic E-state index is 0.305. The lowest BCUT2D eigenvalue weighted by Crippen LogP contribution is -2.17. The van der Waals surface area contributed by atoms with Gasteiger partial charge in [-0.2, -0.15) is 5.10 Å². The van der Waals surface area contributed by atoms with Crippen molar-refractivity contribution < 1.29 is 4.39 Å². The minimum atomic E-state index is -0.305. The largest absolute Gasteiger partial charge is 0.382 e. The molecule has 0 spiro atoms. The Hall–Kier alpha value is -2.76. The molecule has 4 rings (SSSR count). The van der Waals surface area contributed by atoms with Crippen molar-refractivity contribution in [2.45, 2.75) is 32.1 Å². The van der Waals surface area contributed by atoms with Crippen LogP contribution in [0, 0.1) is 11.7 Å². The first-order valence-electron chi connectivity index (χ1n) is 9.15. The molecule has 26 heavy (non-hydrogen) atoms. The van der Waals surface area contributed by atoms with Gasteiger partial charge >= 0.3 is 0 Å². The van der Waals surface area contributed by atoms with E-state index in [9.17, 15) is 4.39 Å². The van der Waals surface area contributed by atoms with Crippen LogP contribution in [0.3, 0.4) is 0 Å². The van der Waals surface area contributed by atoms with E-state index >= 15 is 0 Å². The Kier molecular flexibility index (Phi) is 4.91. The average Bonchev–Trinajstić information content (AvgIpc) is 3.17. The zero-order valence-electron chi connectivity index (χ0n) is 14.6. The predicted molar refractivity (Wildman–Crippen MR) is 99.6 cm³/mol. The van der Waals surface area contributed by atoms with E-state index in [0.29, 0.717) is 11.6 Å². The number of anilines is 1. The van der Waals surface area contributed by atoms with Gasteiger partial charge in [0.05, 0.1) is 23.8 Å². The molecule has 0 bridgehead atoms. The molecule has 6 heteroatoms. The van der Waals surface area contributed by atoms with Gasteiger partial charge in [0.2, 0.25) is 0 Å². The molecule has 0 radical (unpaired) electrons. The van der Waals surface area contributed by atoms with Crippen LogP contribution < -0.4 is 5.32 Å². The van der Waals surface area contributed by atoms with Gasteiger partial charge in [-0.3, -0.25) is 0 Å². The van der Waals surface area contributed by atoms with E-state index in [0.717, 1.165) is 23.5 Å². The topological polar surface area (TPSA) is 55.6 Å². The molecule has 1 N–H and O–H groups in total. The van der Waals surface area contributed by atoms with Crippen molar-refractivity contribution in [3.63, 3.8) is 0 Å². The maximum Gasteiger partial charge on any atom is 0.148 e. The van der Waals surface area contributed by atoms with E-state index in [1.807, 2.05) is 0 Å². The van der Waals surface area contributed by atoms with Gasteiger partial charge in [-0.05, 0) is 30.9 Å². The lowest BCUT2D eigenvalue weighted by molar-refractivity contribution is 0.373. The summed E-state index contributed by atoms with van der Waals surface area (Å²) in [5, 5.41) is 7.81. The zero-order valence-corrected chi connectivity index (χ0v) is 14.6. The molecule has 0 amide bonds. The van der Waals surface area contributed by atoms with E-state index < -0.39 is 0 Å². The van der Waals surface area contributed by atoms with Gasteiger partial charge in [0.25, 0.3) is 0 Å². The summed E-state index contributed by atoms with van der Waals surface area (Å²) in [6.45, 7) is 0.932. The Bertz CT molecular complexity index is 870. The van der Waals surface area contributed by atoms with Gasteiger partial charge in [-0.25, -0.2) is 19.0 Å². The zero-order chi connectivity index (χ0) is 17.8. The fraction of sp³-hybridized carbons (Fsp3) is 0.350. The van der Waals surface area contributed by atoms with Gasteiger partial charge in [-0.15, -0.1) is 0 Å². The Labute approximate surface area is 152 Å². The molecule has 1 aromatic carbocycles. The van der Waals surface area contributed by atoms with Crippen molar-refractivity contribution >= 4 is 5.69 Å². The quantitative estimate of drug-likeness (QED) is 0.737. The molecule has 2 heterocycles. The third-order valence-electron chi connectivity index (χ3n) is 4.97. The number of hydrogen-bond donors (Lipinski definition) is 1. The molecule has 0 aliphatic heterocycles. The molecule has 0 unspecified atom stereocenters. The van der Waals surface area contributed by atoms with Crippen molar-refractivity contribution in [2.24, 2.45) is 5.92 Å².